The van der Waals surface area contributed by atoms with Gasteiger partial charge in [0.1, 0.15) is 0 Å². The van der Waals surface area contributed by atoms with Crippen LogP contribution in [0.25, 0.3) is 6.08 Å². The molecule has 88 valence electrons. The summed E-state index contributed by atoms with van der Waals surface area (Å²) in [7, 11) is 5.20. The van der Waals surface area contributed by atoms with Crippen LogP contribution in [0.15, 0.2) is 29.8 Å². The van der Waals surface area contributed by atoms with Gasteiger partial charge in [-0.15, -0.1) is 0 Å². The lowest BCUT2D eigenvalue weighted by Gasteiger charge is -2.09. The Balaban J connectivity index is 0.00000121. The standard InChI is InChI=1S/C11H11BN2O.C2H6/c1-3-8-5-4-6-9(11(8)13-2)14-10(15)7-12;1-2/h3-6H,1-2,7H2,(H,14,15);1-2H3. The Kier molecular flexibility index (Phi) is 7.43. The third-order valence-corrected chi connectivity index (χ3v) is 1.90. The molecule has 0 bridgehead atoms. The van der Waals surface area contributed by atoms with Crippen molar-refractivity contribution in [2.24, 2.45) is 4.99 Å². The van der Waals surface area contributed by atoms with Crippen LogP contribution in [0.5, 0.6) is 0 Å². The van der Waals surface area contributed by atoms with Crippen LogP contribution in [0.2, 0.25) is 6.32 Å². The van der Waals surface area contributed by atoms with Crippen LogP contribution in [-0.2, 0) is 4.79 Å². The quantitative estimate of drug-likeness (QED) is 0.623. The Morgan fingerprint density at radius 3 is 2.65 bits per heavy atom. The van der Waals surface area contributed by atoms with Gasteiger partial charge in [-0.25, -0.2) is 0 Å². The van der Waals surface area contributed by atoms with E-state index in [0.717, 1.165) is 5.56 Å². The summed E-state index contributed by atoms with van der Waals surface area (Å²) in [6.45, 7) is 11.1. The zero-order valence-corrected chi connectivity index (χ0v) is 10.4. The van der Waals surface area contributed by atoms with Crippen molar-refractivity contribution in [1.82, 2.24) is 0 Å². The Labute approximate surface area is 104 Å². The predicted octanol–water partition coefficient (Wildman–Crippen LogP) is 3.21. The number of aliphatic imine (C=N–C) groups is 1. The second-order valence-electron chi connectivity index (χ2n) is 2.86. The van der Waals surface area contributed by atoms with Crippen LogP contribution in [-0.4, -0.2) is 20.5 Å². The van der Waals surface area contributed by atoms with E-state index in [2.05, 4.69) is 23.6 Å². The molecule has 0 spiro atoms. The molecule has 1 N–H and O–H groups in total. The van der Waals surface area contributed by atoms with E-state index in [9.17, 15) is 4.79 Å². The van der Waals surface area contributed by atoms with Gasteiger partial charge in [0, 0.05) is 5.56 Å². The number of hydrogen-bond donors (Lipinski definition) is 1. The SMILES string of the molecule is CC.[B]CC(=O)Nc1cccc(C=C)c1N=C. The molecule has 0 heterocycles. The van der Waals surface area contributed by atoms with Crippen LogP contribution < -0.4 is 5.32 Å². The fraction of sp³-hybridized carbons (Fsp3) is 0.231. The van der Waals surface area contributed by atoms with Crippen LogP contribution in [0.4, 0.5) is 11.4 Å². The van der Waals surface area contributed by atoms with Crippen LogP contribution in [0, 0.1) is 0 Å². The van der Waals surface area contributed by atoms with E-state index >= 15 is 0 Å². The molecule has 1 aromatic carbocycles. The number of para-hydroxylation sites is 1. The molecule has 1 aromatic rings. The maximum absolute atomic E-state index is 11.1. The Morgan fingerprint density at radius 2 is 2.18 bits per heavy atom. The van der Waals surface area contributed by atoms with Crippen molar-refractivity contribution >= 4 is 37.9 Å². The number of anilines is 1. The van der Waals surface area contributed by atoms with E-state index in [0.29, 0.717) is 11.4 Å². The minimum atomic E-state index is -0.263. The van der Waals surface area contributed by atoms with Gasteiger partial charge in [0.2, 0.25) is 5.91 Å². The van der Waals surface area contributed by atoms with E-state index < -0.39 is 0 Å². The second kappa shape index (κ2) is 8.33. The zero-order chi connectivity index (χ0) is 13.3. The molecule has 4 heteroatoms. The molecule has 1 rings (SSSR count). The molecule has 0 aliphatic carbocycles. The fourth-order valence-corrected chi connectivity index (χ4v) is 1.20. The number of benzene rings is 1. The highest BCUT2D eigenvalue weighted by atomic mass is 16.1. The molecule has 3 nitrogen and oxygen atoms in total. The predicted molar refractivity (Wildman–Crippen MR) is 76.3 cm³/mol. The van der Waals surface area contributed by atoms with Crippen LogP contribution in [0.3, 0.4) is 0 Å². The molecule has 0 unspecified atom stereocenters. The summed E-state index contributed by atoms with van der Waals surface area (Å²) in [6, 6.07) is 5.39. The third-order valence-electron chi connectivity index (χ3n) is 1.90. The van der Waals surface area contributed by atoms with Crippen molar-refractivity contribution in [3.63, 3.8) is 0 Å². The number of rotatable bonds is 4. The van der Waals surface area contributed by atoms with Gasteiger partial charge in [-0.3, -0.25) is 9.79 Å². The fourth-order valence-electron chi connectivity index (χ4n) is 1.20. The number of nitrogens with one attached hydrogen (secondary N) is 1. The Bertz CT molecular complexity index is 402. The number of amides is 1. The van der Waals surface area contributed by atoms with Gasteiger partial charge >= 0.3 is 0 Å². The molecule has 0 saturated carbocycles. The topological polar surface area (TPSA) is 41.5 Å². The second-order valence-corrected chi connectivity index (χ2v) is 2.86. The van der Waals surface area contributed by atoms with Crippen LogP contribution >= 0.6 is 0 Å². The Morgan fingerprint density at radius 1 is 1.53 bits per heavy atom. The minimum absolute atomic E-state index is 0.0606. The maximum Gasteiger partial charge on any atom is 0.215 e. The first-order valence-corrected chi connectivity index (χ1v) is 5.45. The summed E-state index contributed by atoms with van der Waals surface area (Å²) in [6.07, 6.45) is 1.59. The largest absolute Gasteiger partial charge is 0.325 e. The summed E-state index contributed by atoms with van der Waals surface area (Å²) >= 11 is 0. The van der Waals surface area contributed by atoms with Crippen molar-refractivity contribution in [1.29, 1.82) is 0 Å². The summed E-state index contributed by atoms with van der Waals surface area (Å²) in [5.41, 5.74) is 2.02. The number of carbonyl (C=O) groups is 1. The highest BCUT2D eigenvalue weighted by molar-refractivity contribution is 6.22. The number of carbonyl (C=O) groups excluding carboxylic acids is 1. The summed E-state index contributed by atoms with van der Waals surface area (Å²) in [4.78, 5) is 15.0. The first-order valence-electron chi connectivity index (χ1n) is 5.45. The molecule has 1 amide bonds. The monoisotopic (exact) mass is 228 g/mol. The average Bonchev–Trinajstić information content (AvgIpc) is 2.40. The normalized spacial score (nSPS) is 8.59. The average molecular weight is 228 g/mol. The lowest BCUT2D eigenvalue weighted by atomic mass is 10.0. The summed E-state index contributed by atoms with van der Waals surface area (Å²) < 4.78 is 0. The van der Waals surface area contributed by atoms with Gasteiger partial charge in [-0.1, -0.05) is 38.6 Å². The highest BCUT2D eigenvalue weighted by Crippen LogP contribution is 2.29. The first-order chi connectivity index (χ1) is 8.22. The molecule has 0 aliphatic heterocycles. The first kappa shape index (κ1) is 15.2. The number of hydrogen-bond acceptors (Lipinski definition) is 2. The molecule has 0 saturated heterocycles. The van der Waals surface area contributed by atoms with Crippen molar-refractivity contribution in [2.75, 3.05) is 5.32 Å². The van der Waals surface area contributed by atoms with Gasteiger partial charge in [-0.2, -0.15) is 0 Å². The lowest BCUT2D eigenvalue weighted by Crippen LogP contribution is -2.10. The van der Waals surface area contributed by atoms with Crippen LogP contribution in [0.1, 0.15) is 19.4 Å². The van der Waals surface area contributed by atoms with Crippen molar-refractivity contribution in [3.05, 3.63) is 30.3 Å². The summed E-state index contributed by atoms with van der Waals surface area (Å²) in [5, 5.41) is 2.64. The van der Waals surface area contributed by atoms with Gasteiger partial charge < -0.3 is 5.32 Å². The molecule has 0 aliphatic rings. The minimum Gasteiger partial charge on any atom is -0.325 e. The van der Waals surface area contributed by atoms with E-state index in [1.165, 1.54) is 0 Å². The van der Waals surface area contributed by atoms with Gasteiger partial charge in [0.25, 0.3) is 0 Å². The molecule has 2 radical (unpaired) electrons. The van der Waals surface area contributed by atoms with Crippen molar-refractivity contribution in [3.8, 4) is 0 Å². The maximum atomic E-state index is 11.1. The van der Waals surface area contributed by atoms with Gasteiger partial charge in [0.05, 0.1) is 19.2 Å². The smallest absolute Gasteiger partial charge is 0.215 e. The zero-order valence-electron chi connectivity index (χ0n) is 10.4. The molecule has 0 atom stereocenters. The van der Waals surface area contributed by atoms with Gasteiger partial charge in [0.15, 0.2) is 0 Å². The third kappa shape index (κ3) is 4.27. The molecule has 0 fully saturated rings. The van der Waals surface area contributed by atoms with Crippen molar-refractivity contribution in [2.45, 2.75) is 20.2 Å². The number of nitrogens with zero attached hydrogens (tertiary/aromatic N) is 1. The highest BCUT2D eigenvalue weighted by Gasteiger charge is 2.06. The summed E-state index contributed by atoms with van der Waals surface area (Å²) in [5.74, 6) is -0.263. The van der Waals surface area contributed by atoms with E-state index in [4.69, 9.17) is 7.85 Å². The molecular formula is C13H17BN2O. The molecular weight excluding hydrogens is 211 g/mol. The van der Waals surface area contributed by atoms with E-state index in [1.54, 1.807) is 18.2 Å². The van der Waals surface area contributed by atoms with E-state index in [1.807, 2.05) is 19.9 Å². The van der Waals surface area contributed by atoms with E-state index in [-0.39, 0.29) is 12.2 Å². The van der Waals surface area contributed by atoms with Crippen molar-refractivity contribution < 1.29 is 4.79 Å². The molecule has 0 aromatic heterocycles. The molecule has 17 heavy (non-hydrogen) atoms. The Hall–Kier alpha value is -1.84. The lowest BCUT2D eigenvalue weighted by molar-refractivity contribution is -0.114. The van der Waals surface area contributed by atoms with Gasteiger partial charge in [-0.05, 0) is 19.1 Å².